The minimum atomic E-state index is -0.926. The van der Waals surface area contributed by atoms with Gasteiger partial charge >= 0.3 is 6.16 Å². The third-order valence-corrected chi connectivity index (χ3v) is 2.10. The average molecular weight is 269 g/mol. The van der Waals surface area contributed by atoms with Gasteiger partial charge in [-0.2, -0.15) is 0 Å². The molecule has 0 spiro atoms. The maximum absolute atomic E-state index is 11.4. The third kappa shape index (κ3) is 6.08. The van der Waals surface area contributed by atoms with E-state index in [1.54, 1.807) is 31.2 Å². The van der Waals surface area contributed by atoms with E-state index in [0.717, 1.165) is 0 Å². The van der Waals surface area contributed by atoms with Gasteiger partial charge in [0.05, 0.1) is 24.4 Å². The van der Waals surface area contributed by atoms with Crippen LogP contribution >= 0.6 is 0 Å². The number of hydrogen-bond donors (Lipinski definition) is 2. The molecule has 0 bridgehead atoms. The molecule has 6 nitrogen and oxygen atoms in total. The molecule has 0 aliphatic rings. The molecule has 0 aromatic heterocycles. The van der Waals surface area contributed by atoms with E-state index in [9.17, 15) is 9.90 Å². The maximum atomic E-state index is 11.4. The van der Waals surface area contributed by atoms with Gasteiger partial charge in [-0.25, -0.2) is 9.86 Å². The number of ether oxygens (including phenoxy) is 1. The molecule has 2 unspecified atom stereocenters. The Morgan fingerprint density at radius 2 is 1.84 bits per heavy atom. The summed E-state index contributed by atoms with van der Waals surface area (Å²) >= 11 is 0. The molecule has 0 saturated heterocycles. The van der Waals surface area contributed by atoms with E-state index >= 15 is 0 Å². The number of hydrogen-bond acceptors (Lipinski definition) is 6. The number of para-hydroxylation sites is 1. The summed E-state index contributed by atoms with van der Waals surface area (Å²) in [5, 5.41) is 19.7. The number of nitrogens with zero attached hydrogens (tertiary/aromatic N) is 1. The van der Waals surface area contributed by atoms with Crippen LogP contribution in [0.5, 0.6) is 0 Å². The summed E-state index contributed by atoms with van der Waals surface area (Å²) in [4.78, 5) is 16.4. The van der Waals surface area contributed by atoms with Crippen LogP contribution in [-0.4, -0.2) is 41.7 Å². The van der Waals surface area contributed by atoms with Gasteiger partial charge < -0.3 is 19.8 Å². The van der Waals surface area contributed by atoms with Crippen molar-refractivity contribution in [2.24, 2.45) is 0 Å². The summed E-state index contributed by atoms with van der Waals surface area (Å²) in [6, 6.07) is 8.88. The van der Waals surface area contributed by atoms with E-state index in [-0.39, 0.29) is 13.2 Å². The molecule has 0 saturated carbocycles. The second-order valence-electron chi connectivity index (χ2n) is 4.25. The Balaban J connectivity index is 2.62. The molecule has 106 valence electrons. The number of benzene rings is 1. The topological polar surface area (TPSA) is 79.2 Å². The van der Waals surface area contributed by atoms with Crippen molar-refractivity contribution in [3.8, 4) is 0 Å². The summed E-state index contributed by atoms with van der Waals surface area (Å²) in [7, 11) is 0. The molecule has 0 aliphatic heterocycles. The lowest BCUT2D eigenvalue weighted by Crippen LogP contribution is -2.34. The van der Waals surface area contributed by atoms with Crippen molar-refractivity contribution in [1.82, 2.24) is 0 Å². The first-order chi connectivity index (χ1) is 8.99. The molecule has 2 atom stereocenters. The van der Waals surface area contributed by atoms with Crippen LogP contribution in [0.3, 0.4) is 0 Å². The summed E-state index contributed by atoms with van der Waals surface area (Å²) < 4.78 is 4.70. The zero-order valence-corrected chi connectivity index (χ0v) is 11.0. The summed E-state index contributed by atoms with van der Waals surface area (Å²) in [6.07, 6.45) is -2.36. The van der Waals surface area contributed by atoms with Gasteiger partial charge in [-0.3, -0.25) is 0 Å². The molecular formula is C13H19NO5. The average Bonchev–Trinajstić information content (AvgIpc) is 2.36. The van der Waals surface area contributed by atoms with E-state index in [2.05, 4.69) is 0 Å². The molecule has 0 aliphatic carbocycles. The number of aliphatic hydroxyl groups excluding tert-OH is 2. The number of hydroxylamine groups is 1. The third-order valence-electron chi connectivity index (χ3n) is 2.10. The lowest BCUT2D eigenvalue weighted by molar-refractivity contribution is 0.0130. The maximum Gasteiger partial charge on any atom is 0.533 e. The fourth-order valence-corrected chi connectivity index (χ4v) is 1.33. The second-order valence-corrected chi connectivity index (χ2v) is 4.25. The van der Waals surface area contributed by atoms with Crippen LogP contribution in [0.2, 0.25) is 0 Å². The van der Waals surface area contributed by atoms with Crippen molar-refractivity contribution >= 4 is 11.8 Å². The van der Waals surface area contributed by atoms with Crippen LogP contribution in [-0.2, 0) is 9.57 Å². The standard InChI is InChI=1S/C13H19NO5/c1-10(15)8-14(12-6-4-3-5-7-12)19-13(17)18-9-11(2)16/h3-7,10-11,15-16H,8-9H2,1-2H3. The first-order valence-electron chi connectivity index (χ1n) is 6.02. The smallest absolute Gasteiger partial charge is 0.430 e. The number of aliphatic hydroxyl groups is 2. The molecule has 1 rings (SSSR count). The van der Waals surface area contributed by atoms with Gasteiger partial charge in [-0.15, -0.1) is 0 Å². The Morgan fingerprint density at radius 3 is 2.37 bits per heavy atom. The Bertz CT molecular complexity index is 380. The van der Waals surface area contributed by atoms with Gasteiger partial charge in [0.1, 0.15) is 6.61 Å². The van der Waals surface area contributed by atoms with Crippen LogP contribution in [0.1, 0.15) is 13.8 Å². The highest BCUT2D eigenvalue weighted by Gasteiger charge is 2.16. The zero-order valence-electron chi connectivity index (χ0n) is 11.0. The van der Waals surface area contributed by atoms with Crippen molar-refractivity contribution < 1.29 is 24.6 Å². The molecule has 2 N–H and O–H groups in total. The van der Waals surface area contributed by atoms with Crippen LogP contribution in [0, 0.1) is 0 Å². The van der Waals surface area contributed by atoms with Crippen LogP contribution in [0.4, 0.5) is 10.5 Å². The number of anilines is 1. The predicted octanol–water partition coefficient (Wildman–Crippen LogP) is 1.32. The fraction of sp³-hybridized carbons (Fsp3) is 0.462. The Morgan fingerprint density at radius 1 is 1.21 bits per heavy atom. The SMILES string of the molecule is CC(O)COC(=O)ON(CC(C)O)c1ccccc1. The predicted molar refractivity (Wildman–Crippen MR) is 69.6 cm³/mol. The van der Waals surface area contributed by atoms with E-state index < -0.39 is 18.4 Å². The Labute approximate surface area is 112 Å². The number of carbonyl (C=O) groups is 1. The molecule has 0 fully saturated rings. The van der Waals surface area contributed by atoms with E-state index in [4.69, 9.17) is 14.7 Å². The first-order valence-corrected chi connectivity index (χ1v) is 6.02. The number of carbonyl (C=O) groups excluding carboxylic acids is 1. The molecule has 6 heteroatoms. The molecule has 0 heterocycles. The van der Waals surface area contributed by atoms with Crippen molar-refractivity contribution in [3.05, 3.63) is 30.3 Å². The highest BCUT2D eigenvalue weighted by molar-refractivity contribution is 5.62. The molecule has 19 heavy (non-hydrogen) atoms. The molecule has 0 radical (unpaired) electrons. The van der Waals surface area contributed by atoms with Gasteiger partial charge in [0, 0.05) is 0 Å². The minimum absolute atomic E-state index is 0.119. The Kier molecular flexibility index (Phi) is 6.11. The molecule has 1 aromatic carbocycles. The number of rotatable bonds is 6. The first kappa shape index (κ1) is 15.3. The summed E-state index contributed by atoms with van der Waals surface area (Å²) in [5.74, 6) is 0. The lowest BCUT2D eigenvalue weighted by atomic mass is 10.3. The largest absolute Gasteiger partial charge is 0.533 e. The zero-order chi connectivity index (χ0) is 14.3. The Hall–Kier alpha value is -1.79. The van der Waals surface area contributed by atoms with Gasteiger partial charge in [0.25, 0.3) is 0 Å². The van der Waals surface area contributed by atoms with Crippen LogP contribution in [0.15, 0.2) is 30.3 Å². The quantitative estimate of drug-likeness (QED) is 0.599. The summed E-state index contributed by atoms with van der Waals surface area (Å²) in [5.41, 5.74) is 0.623. The van der Waals surface area contributed by atoms with Gasteiger partial charge in [0.2, 0.25) is 0 Å². The monoisotopic (exact) mass is 269 g/mol. The highest BCUT2D eigenvalue weighted by atomic mass is 16.8. The van der Waals surface area contributed by atoms with Crippen LogP contribution < -0.4 is 5.06 Å². The molecule has 1 aromatic rings. The van der Waals surface area contributed by atoms with Gasteiger partial charge in [-0.05, 0) is 26.0 Å². The normalized spacial score (nSPS) is 13.5. The van der Waals surface area contributed by atoms with E-state index in [1.807, 2.05) is 6.07 Å². The van der Waals surface area contributed by atoms with E-state index in [0.29, 0.717) is 5.69 Å². The van der Waals surface area contributed by atoms with Crippen molar-refractivity contribution in [2.45, 2.75) is 26.1 Å². The fourth-order valence-electron chi connectivity index (χ4n) is 1.33. The second kappa shape index (κ2) is 7.60. The van der Waals surface area contributed by atoms with Gasteiger partial charge in [0.15, 0.2) is 0 Å². The van der Waals surface area contributed by atoms with Crippen molar-refractivity contribution in [2.75, 3.05) is 18.2 Å². The van der Waals surface area contributed by atoms with Crippen LogP contribution in [0.25, 0.3) is 0 Å². The van der Waals surface area contributed by atoms with Crippen molar-refractivity contribution in [1.29, 1.82) is 0 Å². The van der Waals surface area contributed by atoms with Gasteiger partial charge in [-0.1, -0.05) is 18.2 Å². The molecular weight excluding hydrogens is 250 g/mol. The van der Waals surface area contributed by atoms with Crippen molar-refractivity contribution in [3.63, 3.8) is 0 Å². The minimum Gasteiger partial charge on any atom is -0.430 e. The highest BCUT2D eigenvalue weighted by Crippen LogP contribution is 2.14. The lowest BCUT2D eigenvalue weighted by Gasteiger charge is -2.23. The summed E-state index contributed by atoms with van der Waals surface area (Å²) in [6.45, 7) is 3.06. The van der Waals surface area contributed by atoms with E-state index in [1.165, 1.54) is 12.0 Å². The molecule has 0 amide bonds.